The van der Waals surface area contributed by atoms with Crippen LogP contribution in [-0.4, -0.2) is 31.6 Å². The molecule has 1 aliphatic rings. The number of nitrogens with zero attached hydrogens (tertiary/aromatic N) is 1. The van der Waals surface area contributed by atoms with Crippen molar-refractivity contribution in [3.05, 3.63) is 116 Å². The first-order valence-electron chi connectivity index (χ1n) is 13.9. The second-order valence-corrected chi connectivity index (χ2v) is 11.5. The van der Waals surface area contributed by atoms with Gasteiger partial charge in [0.2, 0.25) is 0 Å². The van der Waals surface area contributed by atoms with Crippen molar-refractivity contribution in [2.45, 2.75) is 20.1 Å². The number of rotatable bonds is 11. The second kappa shape index (κ2) is 14.4. The van der Waals surface area contributed by atoms with Gasteiger partial charge in [-0.05, 0) is 94.2 Å². The molecular formula is C34H28Br2N2O7. The van der Waals surface area contributed by atoms with Crippen LogP contribution < -0.4 is 29.2 Å². The number of imide groups is 2. The monoisotopic (exact) mass is 734 g/mol. The quantitative estimate of drug-likeness (QED) is 0.126. The molecule has 1 saturated heterocycles. The highest BCUT2D eigenvalue weighted by Crippen LogP contribution is 2.39. The standard InChI is InChI=1S/C34H28Br2N2O7/c1-3-43-29-17-22(9-14-28(29)44-19-21-7-5-4-6-8-21)20-45-31-27(36)16-23(18-30(31)42-2)15-26-32(39)37-34(41)38(33(26)40)25-12-10-24(35)11-13-25/h4-18H,3,19-20H2,1-2H3,(H,37,39,41)/b26-15+. The fourth-order valence-corrected chi connectivity index (χ4v) is 5.37. The molecule has 1 fully saturated rings. The van der Waals surface area contributed by atoms with E-state index in [1.54, 1.807) is 36.4 Å². The number of hydrogen-bond donors (Lipinski definition) is 1. The predicted molar refractivity (Wildman–Crippen MR) is 177 cm³/mol. The molecule has 0 saturated carbocycles. The Bertz CT molecular complexity index is 1760. The summed E-state index contributed by atoms with van der Waals surface area (Å²) in [6, 6.07) is 24.6. The van der Waals surface area contributed by atoms with Crippen molar-refractivity contribution in [1.82, 2.24) is 5.32 Å². The number of hydrogen-bond acceptors (Lipinski definition) is 7. The lowest BCUT2D eigenvalue weighted by atomic mass is 10.1. The number of ether oxygens (including phenoxy) is 4. The van der Waals surface area contributed by atoms with Crippen molar-refractivity contribution < 1.29 is 33.3 Å². The van der Waals surface area contributed by atoms with Gasteiger partial charge >= 0.3 is 6.03 Å². The molecule has 45 heavy (non-hydrogen) atoms. The van der Waals surface area contributed by atoms with Gasteiger partial charge in [0, 0.05) is 4.47 Å². The van der Waals surface area contributed by atoms with E-state index in [0.29, 0.717) is 51.9 Å². The number of halogens is 2. The fourth-order valence-electron chi connectivity index (χ4n) is 4.53. The Kier molecular flexibility index (Phi) is 10.2. The first kappa shape index (κ1) is 31.8. The zero-order chi connectivity index (χ0) is 31.9. The van der Waals surface area contributed by atoms with Crippen LogP contribution in [-0.2, 0) is 22.8 Å². The molecule has 0 radical (unpaired) electrons. The zero-order valence-electron chi connectivity index (χ0n) is 24.3. The van der Waals surface area contributed by atoms with Crippen molar-refractivity contribution in [1.29, 1.82) is 0 Å². The fraction of sp³-hybridized carbons (Fsp3) is 0.147. The van der Waals surface area contributed by atoms with Crippen LogP contribution in [0.1, 0.15) is 23.6 Å². The molecule has 1 N–H and O–H groups in total. The molecule has 9 nitrogen and oxygen atoms in total. The highest BCUT2D eigenvalue weighted by molar-refractivity contribution is 9.10. The van der Waals surface area contributed by atoms with E-state index in [0.717, 1.165) is 20.5 Å². The molecular weight excluding hydrogens is 708 g/mol. The van der Waals surface area contributed by atoms with E-state index in [-0.39, 0.29) is 12.2 Å². The Morgan fingerprint density at radius 3 is 2.22 bits per heavy atom. The third-order valence-electron chi connectivity index (χ3n) is 6.68. The van der Waals surface area contributed by atoms with Crippen LogP contribution in [0.5, 0.6) is 23.0 Å². The summed E-state index contributed by atoms with van der Waals surface area (Å²) < 4.78 is 24.9. The Morgan fingerprint density at radius 2 is 1.51 bits per heavy atom. The van der Waals surface area contributed by atoms with Gasteiger partial charge in [-0.1, -0.05) is 52.3 Å². The van der Waals surface area contributed by atoms with Crippen LogP contribution in [0.25, 0.3) is 6.08 Å². The van der Waals surface area contributed by atoms with Gasteiger partial charge in [-0.2, -0.15) is 0 Å². The molecule has 0 atom stereocenters. The summed E-state index contributed by atoms with van der Waals surface area (Å²) >= 11 is 6.87. The minimum absolute atomic E-state index is 0.194. The van der Waals surface area contributed by atoms with E-state index in [1.165, 1.54) is 13.2 Å². The molecule has 4 aromatic rings. The molecule has 1 heterocycles. The minimum atomic E-state index is -0.824. The number of carbonyl (C=O) groups excluding carboxylic acids is 3. The third kappa shape index (κ3) is 7.55. The molecule has 11 heteroatoms. The van der Waals surface area contributed by atoms with E-state index in [9.17, 15) is 14.4 Å². The summed E-state index contributed by atoms with van der Waals surface area (Å²) in [7, 11) is 1.49. The number of barbiturate groups is 1. The number of urea groups is 1. The Balaban J connectivity index is 1.34. The van der Waals surface area contributed by atoms with Gasteiger partial charge in [0.25, 0.3) is 11.8 Å². The first-order chi connectivity index (χ1) is 21.8. The number of amides is 4. The van der Waals surface area contributed by atoms with E-state index >= 15 is 0 Å². The van der Waals surface area contributed by atoms with E-state index in [1.807, 2.05) is 55.5 Å². The van der Waals surface area contributed by atoms with Crippen LogP contribution in [0.3, 0.4) is 0 Å². The molecule has 0 unspecified atom stereocenters. The molecule has 4 aromatic carbocycles. The summed E-state index contributed by atoms with van der Waals surface area (Å²) in [6.07, 6.45) is 1.40. The van der Waals surface area contributed by atoms with Crippen LogP contribution >= 0.6 is 31.9 Å². The molecule has 0 spiro atoms. The van der Waals surface area contributed by atoms with Crippen molar-refractivity contribution in [2.24, 2.45) is 0 Å². The van der Waals surface area contributed by atoms with E-state index in [4.69, 9.17) is 18.9 Å². The van der Waals surface area contributed by atoms with Gasteiger partial charge < -0.3 is 18.9 Å². The van der Waals surface area contributed by atoms with E-state index < -0.39 is 17.8 Å². The second-order valence-electron chi connectivity index (χ2n) is 9.75. The van der Waals surface area contributed by atoms with Crippen molar-refractivity contribution >= 4 is 61.5 Å². The normalized spacial score (nSPS) is 13.9. The third-order valence-corrected chi connectivity index (χ3v) is 7.80. The van der Waals surface area contributed by atoms with Gasteiger partial charge in [0.15, 0.2) is 23.0 Å². The molecule has 0 aliphatic carbocycles. The summed E-state index contributed by atoms with van der Waals surface area (Å²) in [4.78, 5) is 39.4. The maximum atomic E-state index is 13.3. The van der Waals surface area contributed by atoms with E-state index in [2.05, 4.69) is 37.2 Å². The molecule has 0 bridgehead atoms. The first-order valence-corrected chi connectivity index (χ1v) is 15.5. The van der Waals surface area contributed by atoms with Crippen molar-refractivity contribution in [3.8, 4) is 23.0 Å². The zero-order valence-corrected chi connectivity index (χ0v) is 27.5. The molecule has 230 valence electrons. The van der Waals surface area contributed by atoms with Crippen LogP contribution in [0.4, 0.5) is 10.5 Å². The van der Waals surface area contributed by atoms with Gasteiger partial charge in [-0.15, -0.1) is 0 Å². The van der Waals surface area contributed by atoms with Crippen LogP contribution in [0.15, 0.2) is 99.4 Å². The van der Waals surface area contributed by atoms with Crippen molar-refractivity contribution in [2.75, 3.05) is 18.6 Å². The van der Waals surface area contributed by atoms with Crippen LogP contribution in [0.2, 0.25) is 0 Å². The highest BCUT2D eigenvalue weighted by atomic mass is 79.9. The van der Waals surface area contributed by atoms with Gasteiger partial charge in [-0.25, -0.2) is 9.69 Å². The number of carbonyl (C=O) groups is 3. The Morgan fingerprint density at radius 1 is 0.778 bits per heavy atom. The maximum Gasteiger partial charge on any atom is 0.335 e. The molecule has 5 rings (SSSR count). The van der Waals surface area contributed by atoms with Gasteiger partial charge in [0.05, 0.1) is 23.9 Å². The average molecular weight is 736 g/mol. The lowest BCUT2D eigenvalue weighted by molar-refractivity contribution is -0.122. The Labute approximate surface area is 277 Å². The highest BCUT2D eigenvalue weighted by Gasteiger charge is 2.36. The summed E-state index contributed by atoms with van der Waals surface area (Å²) in [5.74, 6) is 0.482. The number of methoxy groups -OCH3 is 1. The van der Waals surface area contributed by atoms with Crippen molar-refractivity contribution in [3.63, 3.8) is 0 Å². The number of nitrogens with one attached hydrogen (secondary N) is 1. The SMILES string of the molecule is CCOc1cc(COc2c(Br)cc(/C=C3\C(=O)NC(=O)N(c4ccc(Br)cc4)C3=O)cc2OC)ccc1OCc1ccccc1. The topological polar surface area (TPSA) is 103 Å². The van der Waals surface area contributed by atoms with Gasteiger partial charge in [0.1, 0.15) is 18.8 Å². The molecule has 4 amide bonds. The predicted octanol–water partition coefficient (Wildman–Crippen LogP) is 7.44. The summed E-state index contributed by atoms with van der Waals surface area (Å²) in [6.45, 7) is 2.98. The largest absolute Gasteiger partial charge is 0.493 e. The Hall–Kier alpha value is -4.61. The lowest BCUT2D eigenvalue weighted by Crippen LogP contribution is -2.54. The minimum Gasteiger partial charge on any atom is -0.493 e. The summed E-state index contributed by atoms with van der Waals surface area (Å²) in [5.41, 5.74) is 2.48. The smallest absolute Gasteiger partial charge is 0.335 e. The molecule has 0 aromatic heterocycles. The average Bonchev–Trinajstić information content (AvgIpc) is 3.03. The summed E-state index contributed by atoms with van der Waals surface area (Å²) in [5, 5.41) is 2.23. The maximum absolute atomic E-state index is 13.3. The number of benzene rings is 4. The molecule has 1 aliphatic heterocycles. The van der Waals surface area contributed by atoms with Gasteiger partial charge in [-0.3, -0.25) is 14.9 Å². The number of anilines is 1. The lowest BCUT2D eigenvalue weighted by Gasteiger charge is -2.26. The van der Waals surface area contributed by atoms with Crippen LogP contribution in [0, 0.1) is 0 Å².